The van der Waals surface area contributed by atoms with Gasteiger partial charge in [-0.25, -0.2) is 9.37 Å². The molecule has 2 aromatic carbocycles. The lowest BCUT2D eigenvalue weighted by molar-refractivity contribution is 0.0788. The molecule has 0 unspecified atom stereocenters. The van der Waals surface area contributed by atoms with Crippen LogP contribution in [0.1, 0.15) is 62.0 Å². The van der Waals surface area contributed by atoms with Gasteiger partial charge in [-0.1, -0.05) is 18.2 Å². The Morgan fingerprint density at radius 2 is 1.93 bits per heavy atom. The highest BCUT2D eigenvalue weighted by Crippen LogP contribution is 2.32. The van der Waals surface area contributed by atoms with Crippen LogP contribution in [0.2, 0.25) is 0 Å². The fraction of sp³-hybridized carbons (Fsp3) is 0.433. The number of hydrogen-bond acceptors (Lipinski definition) is 7. The monoisotopic (exact) mass is 551 g/mol. The van der Waals surface area contributed by atoms with E-state index in [0.717, 1.165) is 18.4 Å². The number of hydrogen-bond donors (Lipinski definition) is 4. The molecule has 0 radical (unpaired) electrons. The molecule has 1 aliphatic rings. The highest BCUT2D eigenvalue weighted by atomic mass is 19.1. The number of para-hydroxylation sites is 1. The topological polar surface area (TPSA) is 118 Å². The standard InChI is InChI=1S/C30H38FN5O4/c1-19-23(31)16-20(27(37)34-21-10-11-21)17-24(19)36-14-12-33-26(28(36)38)35-30(4,5)22-8-6-7-9-25(22)40-15-13-32-18-29(2,3)39/h6-9,12,14,16-17,21,32,39H,10-11,13,15,18H2,1-5H3,(H,33,35)(H,34,37). The first-order valence-electron chi connectivity index (χ1n) is 13.5. The molecule has 1 heterocycles. The van der Waals surface area contributed by atoms with Crippen molar-refractivity contribution in [3.8, 4) is 11.4 Å². The van der Waals surface area contributed by atoms with E-state index in [1.165, 1.54) is 29.1 Å². The third kappa shape index (κ3) is 7.25. The van der Waals surface area contributed by atoms with Crippen LogP contribution in [0, 0.1) is 12.7 Å². The number of rotatable bonds is 12. The SMILES string of the molecule is Cc1c(F)cc(C(=O)NC2CC2)cc1-n1ccnc(NC(C)(C)c2ccccc2OCCNCC(C)(C)O)c1=O. The number of nitrogens with zero attached hydrogens (tertiary/aromatic N) is 2. The first kappa shape index (κ1) is 29.2. The van der Waals surface area contributed by atoms with Crippen molar-refractivity contribution in [2.75, 3.05) is 25.0 Å². The number of nitrogens with one attached hydrogen (secondary N) is 3. The highest BCUT2D eigenvalue weighted by Gasteiger charge is 2.27. The van der Waals surface area contributed by atoms with E-state index in [-0.39, 0.29) is 34.6 Å². The van der Waals surface area contributed by atoms with Gasteiger partial charge in [0, 0.05) is 48.2 Å². The first-order chi connectivity index (χ1) is 18.9. The minimum atomic E-state index is -0.811. The summed E-state index contributed by atoms with van der Waals surface area (Å²) in [5, 5.41) is 19.1. The molecule has 0 bridgehead atoms. The minimum absolute atomic E-state index is 0.0711. The zero-order chi connectivity index (χ0) is 29.1. The molecule has 1 saturated carbocycles. The van der Waals surface area contributed by atoms with Crippen molar-refractivity contribution in [1.82, 2.24) is 20.2 Å². The molecule has 0 saturated heterocycles. The maximum atomic E-state index is 14.9. The van der Waals surface area contributed by atoms with Gasteiger partial charge in [0.25, 0.3) is 11.5 Å². The minimum Gasteiger partial charge on any atom is -0.492 e. The van der Waals surface area contributed by atoms with Crippen LogP contribution in [0.4, 0.5) is 10.2 Å². The van der Waals surface area contributed by atoms with Crippen LogP contribution in [0.3, 0.4) is 0 Å². The van der Waals surface area contributed by atoms with Gasteiger partial charge in [0.2, 0.25) is 0 Å². The molecular weight excluding hydrogens is 513 g/mol. The number of amides is 1. The molecule has 10 heteroatoms. The molecule has 214 valence electrons. The summed E-state index contributed by atoms with van der Waals surface area (Å²) in [6.07, 6.45) is 4.75. The summed E-state index contributed by atoms with van der Waals surface area (Å²) < 4.78 is 22.2. The number of halogens is 1. The normalized spacial score (nSPS) is 13.7. The van der Waals surface area contributed by atoms with E-state index in [4.69, 9.17) is 4.74 Å². The van der Waals surface area contributed by atoms with Crippen molar-refractivity contribution in [3.63, 3.8) is 0 Å². The number of aromatic nitrogens is 2. The Labute approximate surface area is 233 Å². The van der Waals surface area contributed by atoms with E-state index >= 15 is 0 Å². The Hall–Kier alpha value is -3.76. The Morgan fingerprint density at radius 3 is 2.62 bits per heavy atom. The van der Waals surface area contributed by atoms with Crippen molar-refractivity contribution in [2.24, 2.45) is 0 Å². The summed E-state index contributed by atoms with van der Waals surface area (Å²) in [4.78, 5) is 30.5. The summed E-state index contributed by atoms with van der Waals surface area (Å²) in [5.74, 6) is -0.216. The van der Waals surface area contributed by atoms with Crippen LogP contribution in [0.25, 0.3) is 5.69 Å². The van der Waals surface area contributed by atoms with Crippen molar-refractivity contribution >= 4 is 11.7 Å². The Bertz CT molecular complexity index is 1430. The molecule has 4 N–H and O–H groups in total. The van der Waals surface area contributed by atoms with E-state index in [2.05, 4.69) is 20.9 Å². The largest absolute Gasteiger partial charge is 0.492 e. The summed E-state index contributed by atoms with van der Waals surface area (Å²) in [7, 11) is 0. The van der Waals surface area contributed by atoms with E-state index < -0.39 is 22.5 Å². The molecule has 3 aromatic rings. The Morgan fingerprint density at radius 1 is 1.20 bits per heavy atom. The lowest BCUT2D eigenvalue weighted by Gasteiger charge is -2.29. The molecule has 1 aliphatic carbocycles. The van der Waals surface area contributed by atoms with Crippen LogP contribution in [-0.2, 0) is 5.54 Å². The molecule has 0 spiro atoms. The van der Waals surface area contributed by atoms with E-state index in [1.54, 1.807) is 20.8 Å². The van der Waals surface area contributed by atoms with Crippen molar-refractivity contribution in [3.05, 3.63) is 81.7 Å². The number of ether oxygens (including phenoxy) is 1. The second kappa shape index (κ2) is 11.8. The quantitative estimate of drug-likeness (QED) is 0.254. The third-order valence-electron chi connectivity index (χ3n) is 6.68. The highest BCUT2D eigenvalue weighted by molar-refractivity contribution is 5.95. The lowest BCUT2D eigenvalue weighted by Crippen LogP contribution is -2.37. The summed E-state index contributed by atoms with van der Waals surface area (Å²) >= 11 is 0. The lowest BCUT2D eigenvalue weighted by atomic mass is 9.93. The maximum absolute atomic E-state index is 14.9. The summed E-state index contributed by atoms with van der Waals surface area (Å²) in [6, 6.07) is 10.4. The summed E-state index contributed by atoms with van der Waals surface area (Å²) in [6.45, 7) is 10.2. The average molecular weight is 552 g/mol. The third-order valence-corrected chi connectivity index (χ3v) is 6.68. The van der Waals surface area contributed by atoms with Gasteiger partial charge in [-0.15, -0.1) is 0 Å². The molecule has 1 fully saturated rings. The van der Waals surface area contributed by atoms with Crippen molar-refractivity contribution < 1.29 is 19.0 Å². The first-order valence-corrected chi connectivity index (χ1v) is 13.5. The Balaban J connectivity index is 1.56. The van der Waals surface area contributed by atoms with Crippen LogP contribution >= 0.6 is 0 Å². The number of aliphatic hydroxyl groups is 1. The number of carbonyl (C=O) groups is 1. The van der Waals surface area contributed by atoms with Crippen LogP contribution < -0.4 is 26.2 Å². The predicted octanol–water partition coefficient (Wildman–Crippen LogP) is 3.66. The maximum Gasteiger partial charge on any atom is 0.297 e. The Kier molecular flexibility index (Phi) is 8.60. The van der Waals surface area contributed by atoms with Gasteiger partial charge in [0.15, 0.2) is 5.82 Å². The fourth-order valence-corrected chi connectivity index (χ4v) is 4.33. The molecule has 0 aliphatic heterocycles. The number of benzene rings is 2. The molecule has 0 atom stereocenters. The van der Waals surface area contributed by atoms with Crippen LogP contribution in [0.15, 0.2) is 53.6 Å². The van der Waals surface area contributed by atoms with Gasteiger partial charge in [0.05, 0.1) is 16.8 Å². The molecular formula is C30H38FN5O4. The second-order valence-corrected chi connectivity index (χ2v) is 11.4. The smallest absolute Gasteiger partial charge is 0.297 e. The van der Waals surface area contributed by atoms with Crippen molar-refractivity contribution in [1.29, 1.82) is 0 Å². The predicted molar refractivity (Wildman–Crippen MR) is 153 cm³/mol. The van der Waals surface area contributed by atoms with Gasteiger partial charge in [-0.3, -0.25) is 14.2 Å². The van der Waals surface area contributed by atoms with E-state index in [9.17, 15) is 19.1 Å². The molecule has 9 nitrogen and oxygen atoms in total. The summed E-state index contributed by atoms with van der Waals surface area (Å²) in [5.41, 5.74) is -0.563. The zero-order valence-corrected chi connectivity index (χ0v) is 23.7. The molecule has 1 amide bonds. The van der Waals surface area contributed by atoms with Crippen molar-refractivity contribution in [2.45, 2.75) is 64.6 Å². The fourth-order valence-electron chi connectivity index (χ4n) is 4.33. The molecule has 4 rings (SSSR count). The molecule has 40 heavy (non-hydrogen) atoms. The van der Waals surface area contributed by atoms with Gasteiger partial charge < -0.3 is 25.8 Å². The van der Waals surface area contributed by atoms with Gasteiger partial charge in [-0.05, 0) is 65.7 Å². The average Bonchev–Trinajstić information content (AvgIpc) is 3.70. The van der Waals surface area contributed by atoms with E-state index in [1.807, 2.05) is 38.1 Å². The van der Waals surface area contributed by atoms with Gasteiger partial charge in [-0.2, -0.15) is 0 Å². The second-order valence-electron chi connectivity index (χ2n) is 11.4. The zero-order valence-electron chi connectivity index (χ0n) is 23.7. The van der Waals surface area contributed by atoms with E-state index in [0.29, 0.717) is 25.4 Å². The van der Waals surface area contributed by atoms with Gasteiger partial charge in [0.1, 0.15) is 18.2 Å². The van der Waals surface area contributed by atoms with Crippen LogP contribution in [0.5, 0.6) is 5.75 Å². The number of anilines is 1. The van der Waals surface area contributed by atoms with Crippen LogP contribution in [-0.4, -0.2) is 51.9 Å². The number of carbonyl (C=O) groups excluding carboxylic acids is 1. The van der Waals surface area contributed by atoms with Gasteiger partial charge >= 0.3 is 0 Å². The molecule has 1 aromatic heterocycles.